The third kappa shape index (κ3) is 6.25. The Balaban J connectivity index is 1.26. The van der Waals surface area contributed by atoms with Gasteiger partial charge in [0.1, 0.15) is 18.6 Å². The fourth-order valence-corrected chi connectivity index (χ4v) is 6.39. The van der Waals surface area contributed by atoms with Gasteiger partial charge < -0.3 is 24.8 Å². The number of amides is 2. The van der Waals surface area contributed by atoms with E-state index in [1.54, 1.807) is 43.1 Å². The molecule has 0 spiro atoms. The Bertz CT molecular complexity index is 2430. The molecule has 0 bridgehead atoms. The molecule has 0 radical (unpaired) electrons. The number of carbonyl (C=O) groups excluding carboxylic acids is 2. The number of piperazine rings is 1. The highest BCUT2D eigenvalue weighted by atomic mass is 35.5. The Morgan fingerprint density at radius 1 is 1.08 bits per heavy atom. The Kier molecular flexibility index (Phi) is 8.77. The fraction of sp³-hybridized carbons (Fsp3) is 0.273. The number of rotatable bonds is 7. The van der Waals surface area contributed by atoms with Crippen LogP contribution in [-0.2, 0) is 23.9 Å². The summed E-state index contributed by atoms with van der Waals surface area (Å²) in [5.41, 5.74) is 0.623. The van der Waals surface area contributed by atoms with Gasteiger partial charge >= 0.3 is 6.18 Å². The molecule has 268 valence electrons. The first kappa shape index (κ1) is 34.4. The van der Waals surface area contributed by atoms with Crippen LogP contribution in [0, 0.1) is 6.92 Å². The number of nitrogens with zero attached hydrogens (tertiary/aromatic N) is 9. The summed E-state index contributed by atoms with van der Waals surface area (Å²) in [6.45, 7) is 3.76. The molecule has 0 atom stereocenters. The normalized spacial score (nSPS) is 13.7. The molecular weight excluding hydrogens is 707 g/mol. The molecule has 2 aromatic carbocycles. The first-order valence-electron chi connectivity index (χ1n) is 16.0. The minimum absolute atomic E-state index is 0.0312. The number of halogens is 4. The standard InChI is InChI=1S/C33H29ClF3N11O4/c1-3-24-27(45-8-10-46(11-9-45)30(51)26-28(50)17(2)38-16-39-26)31(52)48-32(42-29(44-48)18-4-6-22-19(12-18)14-40-43-22)47(24)15-25(49)41-23-7-5-20(13-21(23)34)33(35,36)37/h4-7,12-14,16,50H,3,8-11,15H2,1-2H3,(H,40,43)(H,41,49). The van der Waals surface area contributed by atoms with Crippen molar-refractivity contribution in [2.75, 3.05) is 36.4 Å². The topological polar surface area (TPSA) is 180 Å². The highest BCUT2D eigenvalue weighted by Crippen LogP contribution is 2.34. The van der Waals surface area contributed by atoms with E-state index in [1.807, 2.05) is 0 Å². The van der Waals surface area contributed by atoms with Crippen molar-refractivity contribution < 1.29 is 27.9 Å². The lowest BCUT2D eigenvalue weighted by atomic mass is 10.1. The van der Waals surface area contributed by atoms with E-state index in [0.717, 1.165) is 28.1 Å². The van der Waals surface area contributed by atoms with Crippen LogP contribution in [0.4, 0.5) is 24.5 Å². The maximum absolute atomic E-state index is 14.3. The molecule has 6 aromatic rings. The van der Waals surface area contributed by atoms with Crippen molar-refractivity contribution in [3.63, 3.8) is 0 Å². The molecule has 1 aliphatic heterocycles. The van der Waals surface area contributed by atoms with Crippen LogP contribution >= 0.6 is 11.6 Å². The number of aromatic nitrogens is 8. The summed E-state index contributed by atoms with van der Waals surface area (Å²) in [5, 5.41) is 24.9. The lowest BCUT2D eigenvalue weighted by molar-refractivity contribution is -0.137. The van der Waals surface area contributed by atoms with E-state index < -0.39 is 35.7 Å². The number of aryl methyl sites for hydroxylation is 1. The Labute approximate surface area is 296 Å². The van der Waals surface area contributed by atoms with E-state index in [9.17, 15) is 32.7 Å². The maximum Gasteiger partial charge on any atom is 0.416 e. The molecule has 1 fully saturated rings. The van der Waals surface area contributed by atoms with Crippen molar-refractivity contribution in [2.45, 2.75) is 33.0 Å². The van der Waals surface area contributed by atoms with Crippen molar-refractivity contribution in [1.29, 1.82) is 0 Å². The number of fused-ring (bicyclic) bond motifs is 2. The zero-order valence-electron chi connectivity index (χ0n) is 27.6. The molecule has 2 amide bonds. The van der Waals surface area contributed by atoms with Crippen LogP contribution in [0.15, 0.2) is 53.7 Å². The first-order valence-corrected chi connectivity index (χ1v) is 16.4. The second-order valence-electron chi connectivity index (χ2n) is 12.0. The summed E-state index contributed by atoms with van der Waals surface area (Å²) < 4.78 is 42.3. The molecule has 52 heavy (non-hydrogen) atoms. The van der Waals surface area contributed by atoms with Gasteiger partial charge in [0, 0.05) is 43.3 Å². The summed E-state index contributed by atoms with van der Waals surface area (Å²) in [5.74, 6) is -1.17. The molecule has 4 aromatic heterocycles. The molecule has 15 nitrogen and oxygen atoms in total. The SMILES string of the molecule is CCc1c(N2CCN(C(=O)c3ncnc(C)c3O)CC2)c(=O)n2nc(-c3ccc4n[nH]cc4c3)nc2n1CC(=O)Nc1ccc(C(F)(F)F)cc1Cl. The second kappa shape index (κ2) is 13.3. The lowest BCUT2D eigenvalue weighted by Gasteiger charge is -2.36. The van der Waals surface area contributed by atoms with Crippen LogP contribution in [0.1, 0.15) is 34.4 Å². The minimum atomic E-state index is -4.62. The average Bonchev–Trinajstić information content (AvgIpc) is 3.79. The molecule has 1 saturated heterocycles. The monoisotopic (exact) mass is 735 g/mol. The predicted octanol–water partition coefficient (Wildman–Crippen LogP) is 4.07. The molecular formula is C33H29ClF3N11O4. The summed E-state index contributed by atoms with van der Waals surface area (Å²) >= 11 is 6.13. The number of aromatic amines is 1. The first-order chi connectivity index (χ1) is 24.8. The van der Waals surface area contributed by atoms with Crippen LogP contribution in [0.25, 0.3) is 28.1 Å². The lowest BCUT2D eigenvalue weighted by Crippen LogP contribution is -2.51. The van der Waals surface area contributed by atoms with Crippen LogP contribution in [-0.4, -0.2) is 87.3 Å². The van der Waals surface area contributed by atoms with E-state index in [4.69, 9.17) is 11.6 Å². The largest absolute Gasteiger partial charge is 0.504 e. The molecule has 5 heterocycles. The van der Waals surface area contributed by atoms with Crippen molar-refractivity contribution in [2.24, 2.45) is 0 Å². The molecule has 3 N–H and O–H groups in total. The molecule has 19 heteroatoms. The van der Waals surface area contributed by atoms with Gasteiger partial charge in [-0.1, -0.05) is 18.5 Å². The fourth-order valence-electron chi connectivity index (χ4n) is 6.17. The summed E-state index contributed by atoms with van der Waals surface area (Å²) in [4.78, 5) is 56.9. The molecule has 7 rings (SSSR count). The van der Waals surface area contributed by atoms with Gasteiger partial charge in [-0.3, -0.25) is 19.5 Å². The summed E-state index contributed by atoms with van der Waals surface area (Å²) in [6.07, 6.45) is -1.45. The zero-order valence-corrected chi connectivity index (χ0v) is 28.3. The molecule has 0 unspecified atom stereocenters. The van der Waals surface area contributed by atoms with Gasteiger partial charge in [-0.2, -0.15) is 27.8 Å². The zero-order chi connectivity index (χ0) is 36.9. The number of anilines is 2. The third-order valence-corrected chi connectivity index (χ3v) is 9.13. The third-order valence-electron chi connectivity index (χ3n) is 8.81. The number of nitrogens with one attached hydrogen (secondary N) is 2. The number of hydrogen-bond donors (Lipinski definition) is 3. The van der Waals surface area contributed by atoms with E-state index in [1.165, 1.54) is 15.8 Å². The predicted molar refractivity (Wildman–Crippen MR) is 183 cm³/mol. The van der Waals surface area contributed by atoms with Crippen LogP contribution in [0.3, 0.4) is 0 Å². The number of H-pyrrole nitrogens is 1. The average molecular weight is 736 g/mol. The molecule has 0 aliphatic carbocycles. The van der Waals surface area contributed by atoms with Gasteiger partial charge in [-0.25, -0.2) is 9.97 Å². The minimum Gasteiger partial charge on any atom is -0.504 e. The Morgan fingerprint density at radius 2 is 1.85 bits per heavy atom. The number of carbonyl (C=O) groups is 2. The molecule has 0 saturated carbocycles. The Morgan fingerprint density at radius 3 is 2.56 bits per heavy atom. The smallest absolute Gasteiger partial charge is 0.416 e. The van der Waals surface area contributed by atoms with Gasteiger partial charge in [-0.15, -0.1) is 5.10 Å². The number of alkyl halides is 3. The van der Waals surface area contributed by atoms with Crippen molar-refractivity contribution in [3.8, 4) is 17.1 Å². The van der Waals surface area contributed by atoms with Crippen molar-refractivity contribution >= 4 is 51.5 Å². The van der Waals surface area contributed by atoms with Gasteiger partial charge in [0.15, 0.2) is 17.3 Å². The highest BCUT2D eigenvalue weighted by Gasteiger charge is 2.32. The Hall–Kier alpha value is -6.04. The van der Waals surface area contributed by atoms with Crippen LogP contribution in [0.2, 0.25) is 5.02 Å². The van der Waals surface area contributed by atoms with Gasteiger partial charge in [0.05, 0.1) is 33.2 Å². The number of hydrogen-bond acceptors (Lipinski definition) is 10. The van der Waals surface area contributed by atoms with Crippen molar-refractivity contribution in [3.05, 3.63) is 86.9 Å². The van der Waals surface area contributed by atoms with E-state index in [-0.39, 0.29) is 77.7 Å². The van der Waals surface area contributed by atoms with E-state index in [0.29, 0.717) is 16.8 Å². The highest BCUT2D eigenvalue weighted by molar-refractivity contribution is 6.33. The second-order valence-corrected chi connectivity index (χ2v) is 12.4. The summed E-state index contributed by atoms with van der Waals surface area (Å²) in [7, 11) is 0. The van der Waals surface area contributed by atoms with Gasteiger partial charge in [0.25, 0.3) is 11.5 Å². The van der Waals surface area contributed by atoms with E-state index in [2.05, 4.69) is 35.6 Å². The maximum atomic E-state index is 14.3. The van der Waals surface area contributed by atoms with Crippen LogP contribution < -0.4 is 15.8 Å². The summed E-state index contributed by atoms with van der Waals surface area (Å²) in [6, 6.07) is 7.93. The number of benzene rings is 2. The van der Waals surface area contributed by atoms with Crippen LogP contribution in [0.5, 0.6) is 5.75 Å². The quantitative estimate of drug-likeness (QED) is 0.216. The van der Waals surface area contributed by atoms with Gasteiger partial charge in [-0.05, 0) is 49.7 Å². The van der Waals surface area contributed by atoms with Crippen molar-refractivity contribution in [1.82, 2.24) is 44.2 Å². The number of aromatic hydroxyl groups is 1. The van der Waals surface area contributed by atoms with E-state index >= 15 is 0 Å². The van der Waals surface area contributed by atoms with Gasteiger partial charge in [0.2, 0.25) is 11.7 Å². The molecule has 1 aliphatic rings.